The van der Waals surface area contributed by atoms with Gasteiger partial charge in [0.1, 0.15) is 24.8 Å². The lowest BCUT2D eigenvalue weighted by molar-refractivity contribution is -0.191. The SMILES string of the molecule is C=C(C)C(CC[C@]12CCC=C(COCc3ccc(OC)cc3)[C@H]1[C@H](OCOC)[C@@H]1OC(C)(C)O[C@H]1C2=O)=C(C)C. The Balaban J connectivity index is 1.67. The number of allylic oxidation sites excluding steroid dienone is 4. The highest BCUT2D eigenvalue weighted by Crippen LogP contribution is 2.56. The topological polar surface area (TPSA) is 72.5 Å². The van der Waals surface area contributed by atoms with E-state index in [-0.39, 0.29) is 18.5 Å². The summed E-state index contributed by atoms with van der Waals surface area (Å²) in [5, 5.41) is 0. The first-order valence-electron chi connectivity index (χ1n) is 14.3. The van der Waals surface area contributed by atoms with Crippen molar-refractivity contribution < 1.29 is 33.2 Å². The van der Waals surface area contributed by atoms with E-state index in [0.717, 1.165) is 41.7 Å². The van der Waals surface area contributed by atoms with Gasteiger partial charge in [-0.2, -0.15) is 0 Å². The van der Waals surface area contributed by atoms with Crippen LogP contribution in [0.4, 0.5) is 0 Å². The van der Waals surface area contributed by atoms with E-state index in [0.29, 0.717) is 19.6 Å². The maximum atomic E-state index is 14.5. The Morgan fingerprint density at radius 2 is 1.80 bits per heavy atom. The van der Waals surface area contributed by atoms with Crippen molar-refractivity contribution in [2.24, 2.45) is 11.3 Å². The highest BCUT2D eigenvalue weighted by molar-refractivity contribution is 5.92. The summed E-state index contributed by atoms with van der Waals surface area (Å²) in [6.45, 7) is 15.1. The summed E-state index contributed by atoms with van der Waals surface area (Å²) in [6, 6.07) is 7.86. The van der Waals surface area contributed by atoms with Crippen LogP contribution in [0.1, 0.15) is 65.9 Å². The molecule has 0 amide bonds. The van der Waals surface area contributed by atoms with Gasteiger partial charge in [-0.1, -0.05) is 35.9 Å². The zero-order chi connectivity index (χ0) is 29.1. The molecule has 0 unspecified atom stereocenters. The summed E-state index contributed by atoms with van der Waals surface area (Å²) in [5.74, 6) is -0.182. The first-order chi connectivity index (χ1) is 19.0. The lowest BCUT2D eigenvalue weighted by Gasteiger charge is -2.52. The van der Waals surface area contributed by atoms with Crippen LogP contribution in [-0.4, -0.2) is 57.5 Å². The van der Waals surface area contributed by atoms with Crippen LogP contribution in [0.3, 0.4) is 0 Å². The van der Waals surface area contributed by atoms with Gasteiger partial charge in [0.05, 0.1) is 26.4 Å². The molecule has 40 heavy (non-hydrogen) atoms. The van der Waals surface area contributed by atoms with E-state index >= 15 is 0 Å². The highest BCUT2D eigenvalue weighted by atomic mass is 16.8. The van der Waals surface area contributed by atoms with E-state index in [4.69, 9.17) is 28.4 Å². The van der Waals surface area contributed by atoms with E-state index in [2.05, 4.69) is 26.5 Å². The number of hydrogen-bond donors (Lipinski definition) is 0. The van der Waals surface area contributed by atoms with Crippen LogP contribution in [0.25, 0.3) is 0 Å². The van der Waals surface area contributed by atoms with E-state index in [1.165, 1.54) is 11.1 Å². The zero-order valence-corrected chi connectivity index (χ0v) is 25.2. The molecule has 1 heterocycles. The Morgan fingerprint density at radius 3 is 2.42 bits per heavy atom. The molecule has 0 bridgehead atoms. The third-order valence-corrected chi connectivity index (χ3v) is 8.54. The summed E-state index contributed by atoms with van der Waals surface area (Å²) >= 11 is 0. The van der Waals surface area contributed by atoms with Gasteiger partial charge in [-0.05, 0) is 89.1 Å². The van der Waals surface area contributed by atoms with Gasteiger partial charge in [0.25, 0.3) is 0 Å². The number of ketones is 1. The quantitative estimate of drug-likeness (QED) is 0.170. The zero-order valence-electron chi connectivity index (χ0n) is 25.2. The van der Waals surface area contributed by atoms with Crippen molar-refractivity contribution >= 4 is 5.78 Å². The predicted molar refractivity (Wildman–Crippen MR) is 154 cm³/mol. The fourth-order valence-electron chi connectivity index (χ4n) is 6.80. The van der Waals surface area contributed by atoms with Crippen LogP contribution in [0, 0.1) is 11.3 Å². The van der Waals surface area contributed by atoms with Gasteiger partial charge in [0, 0.05) is 18.4 Å². The summed E-state index contributed by atoms with van der Waals surface area (Å²) in [4.78, 5) is 14.5. The average Bonchev–Trinajstić information content (AvgIpc) is 3.24. The molecule has 1 saturated carbocycles. The average molecular weight is 555 g/mol. The number of carbonyl (C=O) groups is 1. The van der Waals surface area contributed by atoms with Gasteiger partial charge in [-0.25, -0.2) is 0 Å². The molecule has 4 rings (SSSR count). The monoisotopic (exact) mass is 554 g/mol. The molecule has 0 spiro atoms. The number of methoxy groups -OCH3 is 2. The fourth-order valence-corrected chi connectivity index (χ4v) is 6.80. The summed E-state index contributed by atoms with van der Waals surface area (Å²) < 4.78 is 35.9. The molecule has 0 radical (unpaired) electrons. The summed E-state index contributed by atoms with van der Waals surface area (Å²) in [6.07, 6.45) is 3.56. The van der Waals surface area contributed by atoms with Crippen LogP contribution < -0.4 is 4.74 Å². The van der Waals surface area contributed by atoms with Gasteiger partial charge >= 0.3 is 0 Å². The van der Waals surface area contributed by atoms with Crippen molar-refractivity contribution in [2.45, 2.75) is 91.0 Å². The Bertz CT molecular complexity index is 1130. The Labute approximate surface area is 239 Å². The number of hydrogen-bond acceptors (Lipinski definition) is 7. The molecular formula is C33H46O7. The molecule has 0 aromatic heterocycles. The maximum absolute atomic E-state index is 14.5. The molecule has 0 N–H and O–H groups in total. The minimum absolute atomic E-state index is 0.101. The standard InChI is InChI=1S/C33H46O7/c1-21(2)26(22(3)4)15-17-33-16-9-10-24(19-37-18-23-11-13-25(36-8)14-12-23)27(33)28(38-20-35-7)29-30(31(33)34)40-32(5,6)39-29/h10-14,27-30H,1,9,15-20H2,2-8H3/t27-,28-,29-,30+,33+/m0/s1. The largest absolute Gasteiger partial charge is 0.497 e. The molecule has 1 saturated heterocycles. The van der Waals surface area contributed by atoms with Crippen LogP contribution in [0.5, 0.6) is 5.75 Å². The number of ether oxygens (including phenoxy) is 6. The van der Waals surface area contributed by atoms with Crippen molar-refractivity contribution in [1.82, 2.24) is 0 Å². The minimum Gasteiger partial charge on any atom is -0.497 e. The summed E-state index contributed by atoms with van der Waals surface area (Å²) in [7, 11) is 3.26. The molecule has 220 valence electrons. The lowest BCUT2D eigenvalue weighted by atomic mass is 9.54. The van der Waals surface area contributed by atoms with Gasteiger partial charge in [-0.3, -0.25) is 4.79 Å². The van der Waals surface area contributed by atoms with Crippen molar-refractivity contribution in [2.75, 3.05) is 27.6 Å². The molecule has 7 nitrogen and oxygen atoms in total. The van der Waals surface area contributed by atoms with E-state index in [9.17, 15) is 4.79 Å². The molecule has 5 atom stereocenters. The Hall–Kier alpha value is -2.29. The van der Waals surface area contributed by atoms with Crippen molar-refractivity contribution in [3.05, 3.63) is 64.8 Å². The smallest absolute Gasteiger partial charge is 0.171 e. The Morgan fingerprint density at radius 1 is 1.07 bits per heavy atom. The highest BCUT2D eigenvalue weighted by Gasteiger charge is 2.65. The summed E-state index contributed by atoms with van der Waals surface area (Å²) in [5.41, 5.74) is 4.94. The molecule has 1 aliphatic heterocycles. The number of fused-ring (bicyclic) bond motifs is 2. The minimum atomic E-state index is -0.883. The van der Waals surface area contributed by atoms with Gasteiger partial charge in [0.15, 0.2) is 11.6 Å². The second-order valence-corrected chi connectivity index (χ2v) is 12.0. The van der Waals surface area contributed by atoms with Crippen LogP contribution in [0.2, 0.25) is 0 Å². The molecule has 1 aromatic rings. The van der Waals surface area contributed by atoms with Crippen molar-refractivity contribution in [1.29, 1.82) is 0 Å². The Kier molecular flexibility index (Phi) is 9.74. The third kappa shape index (κ3) is 6.29. The van der Waals surface area contributed by atoms with E-state index in [1.807, 2.05) is 45.0 Å². The van der Waals surface area contributed by atoms with Crippen LogP contribution in [0.15, 0.2) is 59.2 Å². The van der Waals surface area contributed by atoms with Crippen molar-refractivity contribution in [3.8, 4) is 5.75 Å². The fraction of sp³-hybridized carbons (Fsp3) is 0.606. The second kappa shape index (κ2) is 12.7. The molecule has 3 aliphatic rings. The van der Waals surface area contributed by atoms with Crippen molar-refractivity contribution in [3.63, 3.8) is 0 Å². The predicted octanol–water partition coefficient (Wildman–Crippen LogP) is 6.32. The second-order valence-electron chi connectivity index (χ2n) is 12.0. The molecule has 2 fully saturated rings. The number of carbonyl (C=O) groups excluding carboxylic acids is 1. The van der Waals surface area contributed by atoms with Gasteiger partial charge in [-0.15, -0.1) is 0 Å². The molecular weight excluding hydrogens is 508 g/mol. The molecule has 2 aliphatic carbocycles. The van der Waals surface area contributed by atoms with Crippen LogP contribution in [-0.2, 0) is 35.1 Å². The molecule has 1 aromatic carbocycles. The normalized spacial score (nSPS) is 28.9. The molecule has 7 heteroatoms. The van der Waals surface area contributed by atoms with Gasteiger partial charge in [0.2, 0.25) is 0 Å². The first kappa shape index (κ1) is 30.7. The van der Waals surface area contributed by atoms with Crippen LogP contribution >= 0.6 is 0 Å². The number of rotatable bonds is 12. The third-order valence-electron chi connectivity index (χ3n) is 8.54. The number of Topliss-reactive ketones (excluding diaryl/α,β-unsaturated/α-hetero) is 1. The first-order valence-corrected chi connectivity index (χ1v) is 14.3. The maximum Gasteiger partial charge on any atom is 0.171 e. The lowest BCUT2D eigenvalue weighted by Crippen LogP contribution is -2.63. The number of benzene rings is 1. The van der Waals surface area contributed by atoms with Gasteiger partial charge < -0.3 is 28.4 Å². The van der Waals surface area contributed by atoms with E-state index in [1.54, 1.807) is 14.2 Å². The van der Waals surface area contributed by atoms with E-state index < -0.39 is 29.5 Å².